The first-order valence-electron chi connectivity index (χ1n) is 11.0. The van der Waals surface area contributed by atoms with Crippen LogP contribution in [0.2, 0.25) is 0 Å². The van der Waals surface area contributed by atoms with Crippen LogP contribution in [0.25, 0.3) is 16.6 Å². The number of hydrogen-bond donors (Lipinski definition) is 1. The molecule has 0 spiro atoms. The van der Waals surface area contributed by atoms with Crippen LogP contribution in [-0.2, 0) is 9.53 Å². The summed E-state index contributed by atoms with van der Waals surface area (Å²) in [5.41, 5.74) is 2.77. The predicted octanol–water partition coefficient (Wildman–Crippen LogP) is 5.52. The second kappa shape index (κ2) is 10.1. The number of esters is 1. The SMILES string of the molecule is CCCCOC(=O)c1ccc(NC(=O)C(=O)c2c(-c3ccc(F)cc3)cc3ccccn23)cc1. The third kappa shape index (κ3) is 4.88. The molecule has 0 aliphatic heterocycles. The van der Waals surface area contributed by atoms with Crippen LogP contribution in [0.3, 0.4) is 0 Å². The molecule has 2 aromatic carbocycles. The van der Waals surface area contributed by atoms with Crippen LogP contribution < -0.4 is 5.32 Å². The van der Waals surface area contributed by atoms with Crippen molar-refractivity contribution in [1.82, 2.24) is 4.40 Å². The molecule has 0 radical (unpaired) electrons. The summed E-state index contributed by atoms with van der Waals surface area (Å²) in [5.74, 6) is -2.40. The van der Waals surface area contributed by atoms with Crippen LogP contribution in [-0.4, -0.2) is 28.7 Å². The summed E-state index contributed by atoms with van der Waals surface area (Å²) >= 11 is 0. The molecule has 6 nitrogen and oxygen atoms in total. The number of anilines is 1. The van der Waals surface area contributed by atoms with E-state index in [2.05, 4.69) is 5.32 Å². The predicted molar refractivity (Wildman–Crippen MR) is 127 cm³/mol. The molecule has 0 saturated heterocycles. The van der Waals surface area contributed by atoms with Gasteiger partial charge in [-0.25, -0.2) is 9.18 Å². The lowest BCUT2D eigenvalue weighted by Crippen LogP contribution is -2.24. The van der Waals surface area contributed by atoms with Crippen LogP contribution >= 0.6 is 0 Å². The van der Waals surface area contributed by atoms with E-state index in [1.165, 1.54) is 24.3 Å². The topological polar surface area (TPSA) is 76.9 Å². The van der Waals surface area contributed by atoms with E-state index in [0.29, 0.717) is 29.0 Å². The molecule has 0 saturated carbocycles. The molecule has 0 aliphatic carbocycles. The molecule has 0 atom stereocenters. The maximum Gasteiger partial charge on any atom is 0.338 e. The van der Waals surface area contributed by atoms with Gasteiger partial charge in [-0.05, 0) is 66.6 Å². The van der Waals surface area contributed by atoms with Gasteiger partial charge in [-0.3, -0.25) is 9.59 Å². The van der Waals surface area contributed by atoms with E-state index in [1.807, 2.05) is 19.1 Å². The molecule has 1 N–H and O–H groups in total. The lowest BCUT2D eigenvalue weighted by molar-refractivity contribution is -0.112. The maximum atomic E-state index is 13.4. The van der Waals surface area contributed by atoms with E-state index >= 15 is 0 Å². The minimum atomic E-state index is -0.828. The lowest BCUT2D eigenvalue weighted by Gasteiger charge is -2.09. The van der Waals surface area contributed by atoms with Crippen molar-refractivity contribution in [2.24, 2.45) is 0 Å². The number of nitrogens with zero attached hydrogens (tertiary/aromatic N) is 1. The summed E-state index contributed by atoms with van der Waals surface area (Å²) in [4.78, 5) is 38.1. The van der Waals surface area contributed by atoms with E-state index in [4.69, 9.17) is 4.74 Å². The van der Waals surface area contributed by atoms with Crippen molar-refractivity contribution in [3.05, 3.63) is 96.1 Å². The Labute approximate surface area is 196 Å². The van der Waals surface area contributed by atoms with Gasteiger partial charge >= 0.3 is 5.97 Å². The van der Waals surface area contributed by atoms with Gasteiger partial charge in [-0.2, -0.15) is 0 Å². The third-order valence-corrected chi connectivity index (χ3v) is 5.37. The largest absolute Gasteiger partial charge is 0.462 e. The molecule has 0 aliphatic rings. The van der Waals surface area contributed by atoms with Gasteiger partial charge in [0.25, 0.3) is 11.7 Å². The average Bonchev–Trinajstić information content (AvgIpc) is 3.24. The van der Waals surface area contributed by atoms with E-state index in [1.54, 1.807) is 47.0 Å². The van der Waals surface area contributed by atoms with E-state index in [-0.39, 0.29) is 5.69 Å². The zero-order valence-corrected chi connectivity index (χ0v) is 18.6. The van der Waals surface area contributed by atoms with Crippen molar-refractivity contribution in [3.8, 4) is 11.1 Å². The second-order valence-electron chi connectivity index (χ2n) is 7.76. The van der Waals surface area contributed by atoms with E-state index in [9.17, 15) is 18.8 Å². The fourth-order valence-electron chi connectivity index (χ4n) is 3.58. The monoisotopic (exact) mass is 458 g/mol. The molecule has 2 aromatic heterocycles. The summed E-state index contributed by atoms with van der Waals surface area (Å²) in [6, 6.07) is 19.1. The molecule has 1 amide bonds. The summed E-state index contributed by atoms with van der Waals surface area (Å²) in [7, 11) is 0. The summed E-state index contributed by atoms with van der Waals surface area (Å²) < 4.78 is 20.2. The Bertz CT molecular complexity index is 1340. The van der Waals surface area contributed by atoms with Crippen molar-refractivity contribution in [2.75, 3.05) is 11.9 Å². The van der Waals surface area contributed by atoms with Gasteiger partial charge in [-0.15, -0.1) is 0 Å². The van der Waals surface area contributed by atoms with Crippen molar-refractivity contribution in [3.63, 3.8) is 0 Å². The summed E-state index contributed by atoms with van der Waals surface area (Å²) in [6.45, 7) is 2.36. The van der Waals surface area contributed by atoms with E-state index in [0.717, 1.165) is 18.4 Å². The smallest absolute Gasteiger partial charge is 0.338 e. The number of aromatic nitrogens is 1. The first-order valence-corrected chi connectivity index (χ1v) is 11.0. The van der Waals surface area contributed by atoms with Crippen LogP contribution in [0.1, 0.15) is 40.6 Å². The third-order valence-electron chi connectivity index (χ3n) is 5.37. The number of fused-ring (bicyclic) bond motifs is 1. The van der Waals surface area contributed by atoms with Gasteiger partial charge in [0.05, 0.1) is 12.2 Å². The number of nitrogens with one attached hydrogen (secondary N) is 1. The van der Waals surface area contributed by atoms with Crippen LogP contribution in [0.5, 0.6) is 0 Å². The molecular weight excluding hydrogens is 435 g/mol. The van der Waals surface area contributed by atoms with Crippen molar-refractivity contribution in [1.29, 1.82) is 0 Å². The zero-order valence-electron chi connectivity index (χ0n) is 18.6. The molecule has 0 bridgehead atoms. The van der Waals surface area contributed by atoms with Gasteiger partial charge in [0.15, 0.2) is 0 Å². The molecule has 4 rings (SSSR count). The molecule has 7 heteroatoms. The van der Waals surface area contributed by atoms with Crippen LogP contribution in [0.15, 0.2) is 79.0 Å². The van der Waals surface area contributed by atoms with Gasteiger partial charge in [0.1, 0.15) is 11.5 Å². The fraction of sp³-hybridized carbons (Fsp3) is 0.148. The Morgan fingerprint density at radius 1 is 0.971 bits per heavy atom. The first-order chi connectivity index (χ1) is 16.5. The molecule has 0 unspecified atom stereocenters. The van der Waals surface area contributed by atoms with Gasteiger partial charge < -0.3 is 14.5 Å². The molecule has 0 fully saturated rings. The Balaban J connectivity index is 1.57. The highest BCUT2D eigenvalue weighted by molar-refractivity contribution is 6.47. The Hall–Kier alpha value is -4.26. The van der Waals surface area contributed by atoms with Crippen LogP contribution in [0, 0.1) is 5.82 Å². The number of ether oxygens (including phenoxy) is 1. The number of carbonyl (C=O) groups is 3. The summed E-state index contributed by atoms with van der Waals surface area (Å²) in [5, 5.41) is 2.59. The molecular formula is C27H23FN2O4. The number of pyridine rings is 1. The van der Waals surface area contributed by atoms with Gasteiger partial charge in [-0.1, -0.05) is 31.5 Å². The number of amides is 1. The Morgan fingerprint density at radius 2 is 1.71 bits per heavy atom. The number of Topliss-reactive ketones (excluding diaryl/α,β-unsaturated/α-hetero) is 1. The van der Waals surface area contributed by atoms with E-state index < -0.39 is 23.5 Å². The van der Waals surface area contributed by atoms with Crippen molar-refractivity contribution >= 4 is 28.9 Å². The minimum absolute atomic E-state index is 0.177. The average molecular weight is 458 g/mol. The highest BCUT2D eigenvalue weighted by Gasteiger charge is 2.25. The number of hydrogen-bond acceptors (Lipinski definition) is 4. The highest BCUT2D eigenvalue weighted by Crippen LogP contribution is 2.29. The molecule has 34 heavy (non-hydrogen) atoms. The molecule has 2 heterocycles. The van der Waals surface area contributed by atoms with Crippen LogP contribution in [0.4, 0.5) is 10.1 Å². The number of halogens is 1. The van der Waals surface area contributed by atoms with Gasteiger partial charge in [0.2, 0.25) is 0 Å². The zero-order chi connectivity index (χ0) is 24.1. The van der Waals surface area contributed by atoms with Crippen molar-refractivity contribution < 1.29 is 23.5 Å². The van der Waals surface area contributed by atoms with Crippen molar-refractivity contribution in [2.45, 2.75) is 19.8 Å². The quantitative estimate of drug-likeness (QED) is 0.163. The lowest BCUT2D eigenvalue weighted by atomic mass is 10.0. The fourth-order valence-corrected chi connectivity index (χ4v) is 3.58. The Morgan fingerprint density at radius 3 is 2.41 bits per heavy atom. The second-order valence-corrected chi connectivity index (χ2v) is 7.76. The highest BCUT2D eigenvalue weighted by atomic mass is 19.1. The standard InChI is InChI=1S/C27H23FN2O4/c1-2-3-16-34-27(33)19-9-13-21(14-10-19)29-26(32)25(31)24-23(18-7-11-20(28)12-8-18)17-22-6-4-5-15-30(22)24/h4-15,17H,2-3,16H2,1H3,(H,29,32). The number of carbonyl (C=O) groups excluding carboxylic acids is 3. The minimum Gasteiger partial charge on any atom is -0.462 e. The summed E-state index contributed by atoms with van der Waals surface area (Å²) in [6.07, 6.45) is 3.41. The number of unbranched alkanes of at least 4 members (excludes halogenated alkanes) is 1. The Kier molecular flexibility index (Phi) is 6.82. The number of ketones is 1. The normalized spacial score (nSPS) is 10.8. The molecule has 4 aromatic rings. The maximum absolute atomic E-state index is 13.4. The number of rotatable bonds is 8. The first kappa shape index (κ1) is 22.9. The van der Waals surface area contributed by atoms with Gasteiger partial charge in [0, 0.05) is 23.0 Å². The number of benzene rings is 2. The molecule has 172 valence electrons.